The Morgan fingerprint density at radius 3 is 2.04 bits per heavy atom. The number of hydrogen-bond donors (Lipinski definition) is 1. The Hall–Kier alpha value is -2.80. The van der Waals surface area contributed by atoms with Gasteiger partial charge < -0.3 is 5.73 Å². The van der Waals surface area contributed by atoms with E-state index in [4.69, 9.17) is 5.73 Å². The second-order valence-electron chi connectivity index (χ2n) is 7.20. The van der Waals surface area contributed by atoms with Crippen molar-refractivity contribution in [2.75, 3.05) is 0 Å². The standard InChI is InChI=1S/C25H25N/c1-3-10-22-18(2)25(19-11-6-4-7-12-19,20-13-8-5-9-14-20)24-17-21(26)15-16-23(22)24/h3-17,23-24H,26H2,1-2H3/b10-3-. The molecule has 1 heteroatoms. The molecule has 2 aliphatic carbocycles. The van der Waals surface area contributed by atoms with Crippen molar-refractivity contribution in [2.24, 2.45) is 17.6 Å². The molecule has 26 heavy (non-hydrogen) atoms. The zero-order valence-electron chi connectivity index (χ0n) is 15.4. The largest absolute Gasteiger partial charge is 0.399 e. The van der Waals surface area contributed by atoms with Gasteiger partial charge in [-0.25, -0.2) is 0 Å². The smallest absolute Gasteiger partial charge is 0.0486 e. The van der Waals surface area contributed by atoms with Crippen LogP contribution >= 0.6 is 0 Å². The van der Waals surface area contributed by atoms with Crippen molar-refractivity contribution < 1.29 is 0 Å². The molecule has 0 radical (unpaired) electrons. The Bertz CT molecular complexity index is 874. The van der Waals surface area contributed by atoms with Crippen LogP contribution in [0.1, 0.15) is 25.0 Å². The molecule has 2 aromatic carbocycles. The van der Waals surface area contributed by atoms with E-state index in [0.717, 1.165) is 5.70 Å². The van der Waals surface area contributed by atoms with Gasteiger partial charge in [0.25, 0.3) is 0 Å². The number of rotatable bonds is 3. The lowest BCUT2D eigenvalue weighted by atomic mass is 9.62. The third-order valence-electron chi connectivity index (χ3n) is 5.94. The zero-order valence-corrected chi connectivity index (χ0v) is 15.4. The molecular formula is C25H25N. The number of benzene rings is 2. The summed E-state index contributed by atoms with van der Waals surface area (Å²) in [6, 6.07) is 21.8. The van der Waals surface area contributed by atoms with Crippen molar-refractivity contribution in [3.63, 3.8) is 0 Å². The summed E-state index contributed by atoms with van der Waals surface area (Å²) in [4.78, 5) is 0. The van der Waals surface area contributed by atoms with E-state index in [1.807, 2.05) is 0 Å². The summed E-state index contributed by atoms with van der Waals surface area (Å²) in [5.74, 6) is 0.627. The van der Waals surface area contributed by atoms with Crippen molar-refractivity contribution in [3.8, 4) is 0 Å². The van der Waals surface area contributed by atoms with Crippen molar-refractivity contribution in [1.82, 2.24) is 0 Å². The van der Waals surface area contributed by atoms with Gasteiger partial charge >= 0.3 is 0 Å². The number of allylic oxidation sites excluding steroid dienone is 7. The molecule has 0 heterocycles. The Balaban J connectivity index is 2.08. The molecule has 2 atom stereocenters. The maximum Gasteiger partial charge on any atom is 0.0486 e. The molecule has 0 aromatic heterocycles. The zero-order chi connectivity index (χ0) is 18.1. The van der Waals surface area contributed by atoms with E-state index in [0.29, 0.717) is 5.92 Å². The quantitative estimate of drug-likeness (QED) is 0.782. The highest BCUT2D eigenvalue weighted by atomic mass is 14.6. The first-order valence-corrected chi connectivity index (χ1v) is 9.30. The summed E-state index contributed by atoms with van der Waals surface area (Å²) in [5, 5.41) is 0. The summed E-state index contributed by atoms with van der Waals surface area (Å²) >= 11 is 0. The topological polar surface area (TPSA) is 26.0 Å². The first-order chi connectivity index (χ1) is 12.7. The Kier molecular flexibility index (Phi) is 4.16. The van der Waals surface area contributed by atoms with E-state index >= 15 is 0 Å². The normalized spacial score (nSPS) is 24.0. The summed E-state index contributed by atoms with van der Waals surface area (Å²) in [6.07, 6.45) is 11.0. The van der Waals surface area contributed by atoms with Crippen LogP contribution in [-0.2, 0) is 5.41 Å². The molecule has 2 N–H and O–H groups in total. The molecule has 2 aromatic rings. The van der Waals surface area contributed by atoms with E-state index in [-0.39, 0.29) is 11.3 Å². The fourth-order valence-corrected chi connectivity index (χ4v) is 4.92. The van der Waals surface area contributed by atoms with Crippen LogP contribution in [0.4, 0.5) is 0 Å². The highest BCUT2D eigenvalue weighted by Gasteiger charge is 2.52. The average Bonchev–Trinajstić information content (AvgIpc) is 2.92. The Labute approximate surface area is 156 Å². The van der Waals surface area contributed by atoms with Crippen LogP contribution in [0.15, 0.2) is 108 Å². The van der Waals surface area contributed by atoms with E-state index in [2.05, 4.69) is 105 Å². The highest BCUT2D eigenvalue weighted by molar-refractivity contribution is 5.60. The molecule has 2 unspecified atom stereocenters. The van der Waals surface area contributed by atoms with E-state index in [9.17, 15) is 0 Å². The van der Waals surface area contributed by atoms with Crippen molar-refractivity contribution >= 4 is 0 Å². The van der Waals surface area contributed by atoms with Gasteiger partial charge in [0.1, 0.15) is 0 Å². The number of fused-ring (bicyclic) bond motifs is 1. The molecule has 0 saturated heterocycles. The molecule has 0 fully saturated rings. The second-order valence-corrected chi connectivity index (χ2v) is 7.20. The van der Waals surface area contributed by atoms with Crippen molar-refractivity contribution in [1.29, 1.82) is 0 Å². The predicted octanol–water partition coefficient (Wildman–Crippen LogP) is 5.52. The van der Waals surface area contributed by atoms with Crippen molar-refractivity contribution in [3.05, 3.63) is 119 Å². The van der Waals surface area contributed by atoms with Gasteiger partial charge in [-0.15, -0.1) is 0 Å². The van der Waals surface area contributed by atoms with Crippen LogP contribution in [0.3, 0.4) is 0 Å². The minimum absolute atomic E-state index is 0.197. The van der Waals surface area contributed by atoms with Gasteiger partial charge in [-0.3, -0.25) is 0 Å². The molecule has 0 amide bonds. The third kappa shape index (κ3) is 2.31. The lowest BCUT2D eigenvalue weighted by molar-refractivity contribution is 0.420. The van der Waals surface area contributed by atoms with Crippen LogP contribution in [0.2, 0.25) is 0 Å². The fraction of sp³-hybridized carbons (Fsp3) is 0.200. The molecule has 0 bridgehead atoms. The average molecular weight is 339 g/mol. The number of hydrogen-bond acceptors (Lipinski definition) is 1. The van der Waals surface area contributed by atoms with Crippen LogP contribution < -0.4 is 5.73 Å². The van der Waals surface area contributed by atoms with Crippen molar-refractivity contribution in [2.45, 2.75) is 19.3 Å². The van der Waals surface area contributed by atoms with Gasteiger partial charge in [0, 0.05) is 22.9 Å². The predicted molar refractivity (Wildman–Crippen MR) is 110 cm³/mol. The fourth-order valence-electron chi connectivity index (χ4n) is 4.92. The lowest BCUT2D eigenvalue weighted by Gasteiger charge is -2.40. The number of nitrogens with two attached hydrogens (primary N) is 1. The van der Waals surface area contributed by atoms with Gasteiger partial charge in [-0.05, 0) is 36.6 Å². The Morgan fingerprint density at radius 2 is 1.50 bits per heavy atom. The molecule has 0 aliphatic heterocycles. The highest BCUT2D eigenvalue weighted by Crippen LogP contribution is 2.58. The second kappa shape index (κ2) is 6.49. The van der Waals surface area contributed by atoms with Gasteiger partial charge in [0.15, 0.2) is 0 Å². The molecule has 0 spiro atoms. The maximum absolute atomic E-state index is 6.27. The molecule has 2 aliphatic rings. The molecule has 0 saturated carbocycles. The maximum atomic E-state index is 6.27. The molecule has 4 rings (SSSR count). The van der Waals surface area contributed by atoms with Crippen LogP contribution in [0.5, 0.6) is 0 Å². The van der Waals surface area contributed by atoms with E-state index in [1.54, 1.807) is 0 Å². The van der Waals surface area contributed by atoms with Gasteiger partial charge in [-0.2, -0.15) is 0 Å². The molecule has 130 valence electrons. The van der Waals surface area contributed by atoms with Gasteiger partial charge in [0.2, 0.25) is 0 Å². The summed E-state index contributed by atoms with van der Waals surface area (Å²) in [5.41, 5.74) is 12.4. The molecule has 1 nitrogen and oxygen atoms in total. The Morgan fingerprint density at radius 1 is 0.923 bits per heavy atom. The van der Waals surface area contributed by atoms with Crippen LogP contribution in [0, 0.1) is 11.8 Å². The minimum atomic E-state index is -0.197. The summed E-state index contributed by atoms with van der Waals surface area (Å²) in [7, 11) is 0. The SMILES string of the molecule is C/C=C\C1=C(C)C(c2ccccc2)(c2ccccc2)C2C=C(N)C=CC12. The summed E-state index contributed by atoms with van der Waals surface area (Å²) < 4.78 is 0. The summed E-state index contributed by atoms with van der Waals surface area (Å²) in [6.45, 7) is 4.39. The monoisotopic (exact) mass is 339 g/mol. The van der Waals surface area contributed by atoms with Crippen LogP contribution in [-0.4, -0.2) is 0 Å². The lowest BCUT2D eigenvalue weighted by Crippen LogP contribution is -2.37. The third-order valence-corrected chi connectivity index (χ3v) is 5.94. The van der Waals surface area contributed by atoms with Gasteiger partial charge in [0.05, 0.1) is 0 Å². The minimum Gasteiger partial charge on any atom is -0.399 e. The van der Waals surface area contributed by atoms with Gasteiger partial charge in [-0.1, -0.05) is 90.5 Å². The first kappa shape index (κ1) is 16.7. The van der Waals surface area contributed by atoms with E-state index < -0.39 is 0 Å². The van der Waals surface area contributed by atoms with E-state index in [1.165, 1.54) is 22.3 Å². The van der Waals surface area contributed by atoms with Crippen LogP contribution in [0.25, 0.3) is 0 Å². The first-order valence-electron chi connectivity index (χ1n) is 9.30. The molecular weight excluding hydrogens is 314 g/mol.